The van der Waals surface area contributed by atoms with Gasteiger partial charge in [-0.1, -0.05) is 30.3 Å². The molecule has 2 aromatic carbocycles. The van der Waals surface area contributed by atoms with E-state index in [1.807, 2.05) is 54.7 Å². The minimum atomic E-state index is 0.855. The Morgan fingerprint density at radius 2 is 0.974 bits per heavy atom. The zero-order valence-electron chi connectivity index (χ0n) is 22.7. The second-order valence-electron chi connectivity index (χ2n) is 9.52. The third-order valence-corrected chi connectivity index (χ3v) is 8.76. The van der Waals surface area contributed by atoms with E-state index in [1.165, 1.54) is 41.8 Å². The van der Waals surface area contributed by atoms with Crippen LogP contribution >= 0.6 is 22.7 Å². The Morgan fingerprint density at radius 1 is 0.553 bits per heavy atom. The van der Waals surface area contributed by atoms with Gasteiger partial charge in [-0.15, -0.1) is 22.7 Å². The van der Waals surface area contributed by atoms with Gasteiger partial charge < -0.3 is 0 Å². The fourth-order valence-electron chi connectivity index (χ4n) is 4.50. The third-order valence-electron chi connectivity index (χ3n) is 6.69. The molecule has 0 unspecified atom stereocenters. The van der Waals surface area contributed by atoms with Crippen LogP contribution in [0.2, 0.25) is 0 Å². The summed E-state index contributed by atoms with van der Waals surface area (Å²) in [5, 5.41) is 0. The molecular formula is C33H31N3S2. The molecule has 3 aromatic heterocycles. The highest BCUT2D eigenvalue weighted by Crippen LogP contribution is 2.36. The van der Waals surface area contributed by atoms with E-state index < -0.39 is 0 Å². The molecule has 5 heteroatoms. The van der Waals surface area contributed by atoms with Crippen LogP contribution in [0.25, 0.3) is 20.9 Å². The molecule has 3 nitrogen and oxygen atoms in total. The molecule has 0 aliphatic carbocycles. The van der Waals surface area contributed by atoms with Gasteiger partial charge in [-0.3, -0.25) is 9.98 Å². The minimum Gasteiger partial charge on any atom is -0.251 e. The van der Waals surface area contributed by atoms with Crippen LogP contribution in [-0.2, 0) is 0 Å². The average Bonchev–Trinajstić information content (AvgIpc) is 3.54. The lowest BCUT2D eigenvalue weighted by Gasteiger charge is -2.10. The zero-order chi connectivity index (χ0) is 26.8. The zero-order valence-corrected chi connectivity index (χ0v) is 24.3. The van der Waals surface area contributed by atoms with Crippen LogP contribution in [0.1, 0.15) is 46.1 Å². The highest BCUT2D eigenvalue weighted by atomic mass is 32.1. The fraction of sp³-hybridized carbons (Fsp3) is 0.182. The molecular weight excluding hydrogens is 503 g/mol. The largest absolute Gasteiger partial charge is 0.251 e. The Labute approximate surface area is 233 Å². The maximum atomic E-state index is 4.99. The van der Waals surface area contributed by atoms with Crippen LogP contribution in [0.4, 0.5) is 11.4 Å². The predicted molar refractivity (Wildman–Crippen MR) is 166 cm³/mol. The van der Waals surface area contributed by atoms with Crippen LogP contribution in [0.15, 0.2) is 88.8 Å². The molecule has 0 spiro atoms. The fourth-order valence-corrected chi connectivity index (χ4v) is 6.40. The van der Waals surface area contributed by atoms with E-state index in [0.29, 0.717) is 0 Å². The van der Waals surface area contributed by atoms with E-state index in [-0.39, 0.29) is 0 Å². The number of aliphatic imine (C=N–C) groups is 2. The van der Waals surface area contributed by atoms with Gasteiger partial charge in [0, 0.05) is 19.5 Å². The molecule has 0 bridgehead atoms. The highest BCUT2D eigenvalue weighted by Gasteiger charge is 2.11. The van der Waals surface area contributed by atoms with Crippen molar-refractivity contribution in [3.05, 3.63) is 111 Å². The van der Waals surface area contributed by atoms with Crippen molar-refractivity contribution >= 4 is 45.5 Å². The summed E-state index contributed by atoms with van der Waals surface area (Å²) < 4.78 is 0. The Balaban J connectivity index is 1.45. The van der Waals surface area contributed by atoms with E-state index in [0.717, 1.165) is 34.2 Å². The first-order valence-corrected chi connectivity index (χ1v) is 14.3. The van der Waals surface area contributed by atoms with Crippen molar-refractivity contribution in [1.29, 1.82) is 0 Å². The summed E-state index contributed by atoms with van der Waals surface area (Å²) in [5.74, 6) is 0. The van der Waals surface area contributed by atoms with Crippen LogP contribution in [-0.4, -0.2) is 16.4 Å². The molecule has 0 fully saturated rings. The molecule has 0 N–H and O–H groups in total. The highest BCUT2D eigenvalue weighted by molar-refractivity contribution is 7.15. The van der Waals surface area contributed by atoms with Gasteiger partial charge in [-0.25, -0.2) is 4.98 Å². The Morgan fingerprint density at radius 3 is 1.37 bits per heavy atom. The quantitative estimate of drug-likeness (QED) is 0.200. The number of aromatic nitrogens is 1. The van der Waals surface area contributed by atoms with E-state index >= 15 is 0 Å². The van der Waals surface area contributed by atoms with Crippen molar-refractivity contribution in [2.24, 2.45) is 9.98 Å². The number of pyridine rings is 1. The van der Waals surface area contributed by atoms with Gasteiger partial charge in [0.15, 0.2) is 0 Å². The van der Waals surface area contributed by atoms with E-state index in [4.69, 9.17) is 15.0 Å². The molecule has 0 aliphatic rings. The lowest BCUT2D eigenvalue weighted by Crippen LogP contribution is -2.05. The third kappa shape index (κ3) is 5.45. The van der Waals surface area contributed by atoms with Gasteiger partial charge in [-0.2, -0.15) is 0 Å². The molecule has 3 heterocycles. The van der Waals surface area contributed by atoms with Gasteiger partial charge in [0.05, 0.1) is 34.2 Å². The number of nitrogens with zero attached hydrogens (tertiary/aromatic N) is 3. The van der Waals surface area contributed by atoms with Crippen LogP contribution in [0.3, 0.4) is 0 Å². The minimum absolute atomic E-state index is 0.855. The van der Waals surface area contributed by atoms with Gasteiger partial charge in [0.2, 0.25) is 0 Å². The molecule has 5 aromatic rings. The predicted octanol–water partition coefficient (Wildman–Crippen LogP) is 10.1. The Bertz CT molecular complexity index is 1560. The van der Waals surface area contributed by atoms with Crippen molar-refractivity contribution in [2.45, 2.75) is 41.5 Å². The van der Waals surface area contributed by atoms with Gasteiger partial charge >= 0.3 is 0 Å². The first-order chi connectivity index (χ1) is 18.3. The van der Waals surface area contributed by atoms with E-state index in [1.54, 1.807) is 0 Å². The smallest absolute Gasteiger partial charge is 0.0849 e. The lowest BCUT2D eigenvalue weighted by atomic mass is 10.1. The molecule has 5 rings (SSSR count). The van der Waals surface area contributed by atoms with Crippen molar-refractivity contribution in [3.8, 4) is 20.9 Å². The number of rotatable bonds is 6. The molecule has 190 valence electrons. The van der Waals surface area contributed by atoms with Gasteiger partial charge in [0.1, 0.15) is 0 Å². The Kier molecular flexibility index (Phi) is 7.50. The second-order valence-corrected chi connectivity index (χ2v) is 12.1. The standard InChI is InChI=1S/C33H31N3S2/c1-20-16-18-32(37-20)26-10-7-12-28(22(26)3)34-24(5)30-14-9-15-31(36-30)25(6)35-29-13-8-11-27(23(29)4)33-19-17-21(2)38-33/h7-19H,1-6H3. The number of benzene rings is 2. The Hall–Kier alpha value is -3.67. The summed E-state index contributed by atoms with van der Waals surface area (Å²) in [7, 11) is 0. The summed E-state index contributed by atoms with van der Waals surface area (Å²) >= 11 is 3.63. The summed E-state index contributed by atoms with van der Waals surface area (Å²) in [6.45, 7) is 12.6. The topological polar surface area (TPSA) is 37.6 Å². The maximum Gasteiger partial charge on any atom is 0.0849 e. The average molecular weight is 534 g/mol. The van der Waals surface area contributed by atoms with Crippen molar-refractivity contribution in [2.75, 3.05) is 0 Å². The van der Waals surface area contributed by atoms with Gasteiger partial charge in [-0.05, 0) is 112 Å². The number of thiophene rings is 2. The van der Waals surface area contributed by atoms with Crippen LogP contribution in [0.5, 0.6) is 0 Å². The summed E-state index contributed by atoms with van der Waals surface area (Å²) in [6, 6.07) is 27.4. The second kappa shape index (κ2) is 11.0. The first kappa shape index (κ1) is 26.0. The van der Waals surface area contributed by atoms with Crippen molar-refractivity contribution < 1.29 is 0 Å². The summed E-state index contributed by atoms with van der Waals surface area (Å²) in [6.07, 6.45) is 0. The maximum absolute atomic E-state index is 4.99. The molecule has 0 atom stereocenters. The normalized spacial score (nSPS) is 12.3. The first-order valence-electron chi connectivity index (χ1n) is 12.7. The van der Waals surface area contributed by atoms with Crippen LogP contribution < -0.4 is 0 Å². The number of hydrogen-bond donors (Lipinski definition) is 0. The molecule has 0 amide bonds. The number of hydrogen-bond acceptors (Lipinski definition) is 5. The molecule has 38 heavy (non-hydrogen) atoms. The lowest BCUT2D eigenvalue weighted by molar-refractivity contribution is 1.23. The molecule has 0 radical (unpaired) electrons. The van der Waals surface area contributed by atoms with Gasteiger partial charge in [0.25, 0.3) is 0 Å². The van der Waals surface area contributed by atoms with Crippen molar-refractivity contribution in [3.63, 3.8) is 0 Å². The van der Waals surface area contributed by atoms with E-state index in [2.05, 4.69) is 88.4 Å². The molecule has 0 saturated heterocycles. The molecule has 0 saturated carbocycles. The monoisotopic (exact) mass is 533 g/mol. The summed E-state index contributed by atoms with van der Waals surface area (Å²) in [4.78, 5) is 20.1. The summed E-state index contributed by atoms with van der Waals surface area (Å²) in [5.41, 5.74) is 10.2. The molecule has 0 aliphatic heterocycles. The van der Waals surface area contributed by atoms with E-state index in [9.17, 15) is 0 Å². The van der Waals surface area contributed by atoms with Crippen LogP contribution in [0, 0.1) is 27.7 Å². The van der Waals surface area contributed by atoms with Crippen molar-refractivity contribution in [1.82, 2.24) is 4.98 Å². The number of aryl methyl sites for hydroxylation is 2. The SMILES string of the molecule is CC(=Nc1cccc(-c2ccc(C)s2)c1C)c1cccc(C(C)=Nc2cccc(-c3ccc(C)s3)c2C)n1.